The Bertz CT molecular complexity index is 2160. The van der Waals surface area contributed by atoms with Crippen LogP contribution in [0.25, 0.3) is 11.1 Å². The molecular weight excluding hydrogens is 985 g/mol. The minimum Gasteiger partial charge on any atom is -0.494 e. The van der Waals surface area contributed by atoms with Crippen LogP contribution < -0.4 is 9.47 Å². The van der Waals surface area contributed by atoms with Crippen LogP contribution in [-0.4, -0.2) is 37.4 Å². The molecule has 6 nitrogen and oxygen atoms in total. The molecule has 2 aromatic rings. The SMILES string of the molecule is CC(C)CCC[C@@H](C)[C@H]1CC[C@H]2[C@@H]3CCC4C[C@@H](OC(=O)CCCOc5ccc(-c6ccc(OCCCC(=O)O[C@H]7CC[C@@]8(C)C(CC[C@H]9[C@@H]%10CC[C@H]([C@H](C)CCCC(C)C)[C@@]%10(C)CC[C@@H]98)C7)cc6)cc5)CC[C@]4(C)[C@H]3CC[C@]12C. The van der Waals surface area contributed by atoms with Crippen molar-refractivity contribution in [3.8, 4) is 22.6 Å². The van der Waals surface area contributed by atoms with Crippen molar-refractivity contribution in [1.29, 1.82) is 0 Å². The molecule has 18 atom stereocenters. The zero-order valence-corrected chi connectivity index (χ0v) is 52.5. The molecule has 0 spiro atoms. The van der Waals surface area contributed by atoms with Gasteiger partial charge in [0.05, 0.1) is 13.2 Å². The summed E-state index contributed by atoms with van der Waals surface area (Å²) in [6, 6.07) is 16.4. The molecule has 0 amide bonds. The van der Waals surface area contributed by atoms with Crippen molar-refractivity contribution in [2.24, 2.45) is 105 Å². The smallest absolute Gasteiger partial charge is 0.306 e. The quantitative estimate of drug-likeness (QED) is 0.0816. The lowest BCUT2D eigenvalue weighted by atomic mass is 9.44. The summed E-state index contributed by atoms with van der Waals surface area (Å²) in [5.41, 5.74) is 4.09. The van der Waals surface area contributed by atoms with Crippen molar-refractivity contribution in [1.82, 2.24) is 0 Å². The van der Waals surface area contributed by atoms with Gasteiger partial charge in [0.1, 0.15) is 23.7 Å². The molecule has 8 saturated carbocycles. The van der Waals surface area contributed by atoms with Crippen molar-refractivity contribution >= 4 is 11.9 Å². The number of fused-ring (bicyclic) bond motifs is 10. The van der Waals surface area contributed by atoms with Gasteiger partial charge in [-0.1, -0.05) is 132 Å². The summed E-state index contributed by atoms with van der Waals surface area (Å²) < 4.78 is 24.6. The van der Waals surface area contributed by atoms with Crippen LogP contribution >= 0.6 is 0 Å². The maximum Gasteiger partial charge on any atom is 0.306 e. The molecule has 80 heavy (non-hydrogen) atoms. The maximum atomic E-state index is 13.2. The summed E-state index contributed by atoms with van der Waals surface area (Å²) in [6.45, 7) is 26.4. The van der Waals surface area contributed by atoms with Crippen LogP contribution in [0.1, 0.15) is 249 Å². The predicted octanol–water partition coefficient (Wildman–Crippen LogP) is 19.7. The highest BCUT2D eigenvalue weighted by Crippen LogP contribution is 2.70. The predicted molar refractivity (Wildman–Crippen MR) is 327 cm³/mol. The Morgan fingerprint density at radius 1 is 0.438 bits per heavy atom. The van der Waals surface area contributed by atoms with E-state index >= 15 is 0 Å². The standard InChI is InChI=1S/C74H114O6/c1-49(2)15-11-17-51(5)63-33-35-65-61-31-25-55-47-59(37-41-71(55,7)67(61)39-43-73(63,65)9)79-69(75)19-13-45-77-57-27-21-53(22-28-57)54-23-29-58(30-24-54)78-46-14-20-70(76)80-60-38-42-72(8)56(48-60)26-32-62-66-36-34-64(52(6)18-12-16-50(3)4)74(66,10)44-40-68(62)72/h21-24,27-30,49-52,55-56,59-68H,11-20,25-26,31-48H2,1-10H3/t51-,52-,55?,56?,59+,60+,61+,62+,63-,64-,65+,66+,67+,68+,71+,72+,73-,74-/m1/s1. The van der Waals surface area contributed by atoms with Crippen molar-refractivity contribution in [2.45, 2.75) is 261 Å². The number of hydrogen-bond acceptors (Lipinski definition) is 6. The Labute approximate surface area is 488 Å². The number of ether oxygens (including phenoxy) is 4. The first kappa shape index (κ1) is 60.1. The van der Waals surface area contributed by atoms with Crippen LogP contribution in [0.5, 0.6) is 11.5 Å². The fourth-order valence-corrected chi connectivity index (χ4v) is 21.5. The first-order chi connectivity index (χ1) is 38.4. The molecule has 0 bridgehead atoms. The molecular formula is C74H114O6. The van der Waals surface area contributed by atoms with Gasteiger partial charge >= 0.3 is 11.9 Å². The Balaban J connectivity index is 0.587. The van der Waals surface area contributed by atoms with Crippen LogP contribution in [0, 0.1) is 105 Å². The van der Waals surface area contributed by atoms with Crippen molar-refractivity contribution in [3.63, 3.8) is 0 Å². The highest BCUT2D eigenvalue weighted by Gasteiger charge is 2.62. The molecule has 8 aliphatic carbocycles. The fraction of sp³-hybridized carbons (Fsp3) is 0.811. The number of benzene rings is 2. The minimum atomic E-state index is -0.0617. The molecule has 446 valence electrons. The van der Waals surface area contributed by atoms with Gasteiger partial charge in [-0.05, 0) is 268 Å². The normalized spacial score (nSPS) is 38.0. The van der Waals surface area contributed by atoms with Crippen LogP contribution in [0.2, 0.25) is 0 Å². The number of rotatable bonds is 23. The summed E-state index contributed by atoms with van der Waals surface area (Å²) in [5, 5.41) is 0. The number of carbonyl (C=O) groups is 2. The summed E-state index contributed by atoms with van der Waals surface area (Å²) in [5.74, 6) is 13.3. The van der Waals surface area contributed by atoms with E-state index in [1.165, 1.54) is 128 Å². The van der Waals surface area contributed by atoms with Gasteiger partial charge in [0.25, 0.3) is 0 Å². The molecule has 8 fully saturated rings. The third-order valence-corrected chi connectivity index (χ3v) is 25.9. The van der Waals surface area contributed by atoms with Gasteiger partial charge in [-0.15, -0.1) is 0 Å². The third-order valence-electron chi connectivity index (χ3n) is 25.9. The molecule has 10 rings (SSSR count). The lowest BCUT2D eigenvalue weighted by molar-refractivity contribution is -0.163. The fourth-order valence-electron chi connectivity index (χ4n) is 21.5. The molecule has 0 aliphatic heterocycles. The molecule has 0 saturated heterocycles. The molecule has 0 N–H and O–H groups in total. The van der Waals surface area contributed by atoms with Crippen molar-refractivity contribution in [2.75, 3.05) is 13.2 Å². The van der Waals surface area contributed by atoms with Gasteiger partial charge in [-0.25, -0.2) is 0 Å². The topological polar surface area (TPSA) is 71.1 Å². The van der Waals surface area contributed by atoms with E-state index in [0.29, 0.717) is 72.4 Å². The maximum absolute atomic E-state index is 13.2. The van der Waals surface area contributed by atoms with Gasteiger partial charge in [-0.3, -0.25) is 9.59 Å². The first-order valence-electron chi connectivity index (χ1n) is 34.2. The Morgan fingerprint density at radius 3 is 1.20 bits per heavy atom. The summed E-state index contributed by atoms with van der Waals surface area (Å²) in [4.78, 5) is 26.3. The van der Waals surface area contributed by atoms with Crippen LogP contribution in [0.15, 0.2) is 48.5 Å². The van der Waals surface area contributed by atoms with E-state index in [1.807, 2.05) is 24.3 Å². The van der Waals surface area contributed by atoms with Crippen LogP contribution in [-0.2, 0) is 19.1 Å². The summed E-state index contributed by atoms with van der Waals surface area (Å²) in [7, 11) is 0. The number of carbonyl (C=O) groups excluding carboxylic acids is 2. The molecule has 0 radical (unpaired) electrons. The largest absolute Gasteiger partial charge is 0.494 e. The van der Waals surface area contributed by atoms with E-state index in [4.69, 9.17) is 18.9 Å². The minimum absolute atomic E-state index is 0.0617. The van der Waals surface area contributed by atoms with E-state index in [0.717, 1.165) is 119 Å². The van der Waals surface area contributed by atoms with Gasteiger partial charge < -0.3 is 18.9 Å². The highest BCUT2D eigenvalue weighted by molar-refractivity contribution is 5.70. The lowest BCUT2D eigenvalue weighted by Crippen LogP contribution is -2.54. The zero-order chi connectivity index (χ0) is 56.4. The zero-order valence-electron chi connectivity index (χ0n) is 52.5. The third kappa shape index (κ3) is 12.8. The average Bonchev–Trinajstić information content (AvgIpc) is 4.13. The second-order valence-electron chi connectivity index (χ2n) is 31.1. The second-order valence-corrected chi connectivity index (χ2v) is 31.1. The lowest BCUT2D eigenvalue weighted by Gasteiger charge is -2.61. The van der Waals surface area contributed by atoms with Crippen molar-refractivity contribution < 1.29 is 28.5 Å². The van der Waals surface area contributed by atoms with Crippen LogP contribution in [0.3, 0.4) is 0 Å². The summed E-state index contributed by atoms with van der Waals surface area (Å²) in [6.07, 6.45) is 34.1. The van der Waals surface area contributed by atoms with E-state index in [9.17, 15) is 9.59 Å². The molecule has 8 aliphatic rings. The summed E-state index contributed by atoms with van der Waals surface area (Å²) >= 11 is 0. The van der Waals surface area contributed by atoms with E-state index in [-0.39, 0.29) is 24.1 Å². The van der Waals surface area contributed by atoms with Gasteiger partial charge in [0.2, 0.25) is 0 Å². The van der Waals surface area contributed by atoms with Gasteiger partial charge in [0, 0.05) is 12.8 Å². The number of hydrogen-bond donors (Lipinski definition) is 0. The monoisotopic (exact) mass is 1100 g/mol. The van der Waals surface area contributed by atoms with Gasteiger partial charge in [-0.2, -0.15) is 0 Å². The van der Waals surface area contributed by atoms with E-state index in [1.54, 1.807) is 0 Å². The van der Waals surface area contributed by atoms with E-state index in [2.05, 4.69) is 93.5 Å². The molecule has 0 heterocycles. The number of esters is 2. The Hall–Kier alpha value is -3.02. The molecule has 6 heteroatoms. The average molecular weight is 1100 g/mol. The van der Waals surface area contributed by atoms with Crippen LogP contribution in [0.4, 0.5) is 0 Å². The molecule has 2 unspecified atom stereocenters. The Kier molecular flexibility index (Phi) is 19.3. The molecule has 0 aromatic heterocycles. The second kappa shape index (κ2) is 25.7. The Morgan fingerprint density at radius 2 is 0.812 bits per heavy atom. The van der Waals surface area contributed by atoms with Crippen molar-refractivity contribution in [3.05, 3.63) is 48.5 Å². The van der Waals surface area contributed by atoms with E-state index < -0.39 is 0 Å². The highest BCUT2D eigenvalue weighted by atomic mass is 16.5. The first-order valence-corrected chi connectivity index (χ1v) is 34.2. The molecule has 2 aromatic carbocycles. The van der Waals surface area contributed by atoms with Gasteiger partial charge in [0.15, 0.2) is 0 Å².